The summed E-state index contributed by atoms with van der Waals surface area (Å²) in [5.41, 5.74) is 0. The molecule has 0 bridgehead atoms. The van der Waals surface area contributed by atoms with E-state index in [-0.39, 0.29) is 23.2 Å². The van der Waals surface area contributed by atoms with Crippen molar-refractivity contribution >= 4 is 14.3 Å². The Bertz CT molecular complexity index is 516. The van der Waals surface area contributed by atoms with Gasteiger partial charge in [0.15, 0.2) is 8.32 Å². The van der Waals surface area contributed by atoms with Crippen LogP contribution in [0.2, 0.25) is 18.1 Å². The molecule has 0 aromatic carbocycles. The Morgan fingerprint density at radius 3 is 2.58 bits per heavy atom. The highest BCUT2D eigenvalue weighted by Crippen LogP contribution is 2.41. The zero-order valence-electron chi connectivity index (χ0n) is 15.9. The van der Waals surface area contributed by atoms with E-state index in [0.717, 1.165) is 19.3 Å². The van der Waals surface area contributed by atoms with Crippen LogP contribution in [0.5, 0.6) is 0 Å². The summed E-state index contributed by atoms with van der Waals surface area (Å²) in [7, 11) is -1.95. The van der Waals surface area contributed by atoms with Gasteiger partial charge in [-0.2, -0.15) is 0 Å². The number of carbonyl (C=O) groups excluding carboxylic acids is 1. The van der Waals surface area contributed by atoms with E-state index in [0.29, 0.717) is 18.3 Å². The van der Waals surface area contributed by atoms with Crippen molar-refractivity contribution < 1.29 is 18.7 Å². The van der Waals surface area contributed by atoms with Gasteiger partial charge >= 0.3 is 5.97 Å². The maximum absolute atomic E-state index is 12.1. The molecule has 1 aliphatic heterocycles. The Morgan fingerprint density at radius 2 is 2.04 bits per heavy atom. The Kier molecular flexibility index (Phi) is 5.97. The van der Waals surface area contributed by atoms with Crippen molar-refractivity contribution in [2.45, 2.75) is 77.3 Å². The minimum absolute atomic E-state index is 0.0940. The highest BCUT2D eigenvalue weighted by atomic mass is 28.4. The first-order chi connectivity index (χ1) is 11.2. The molecular weight excluding hydrogens is 320 g/mol. The number of rotatable bonds is 5. The van der Waals surface area contributed by atoms with Gasteiger partial charge in [-0.25, -0.2) is 4.79 Å². The van der Waals surface area contributed by atoms with Gasteiger partial charge in [-0.1, -0.05) is 32.9 Å². The highest BCUT2D eigenvalue weighted by Gasteiger charge is 2.45. The van der Waals surface area contributed by atoms with E-state index in [9.17, 15) is 4.79 Å². The Morgan fingerprint density at radius 1 is 1.33 bits per heavy atom. The van der Waals surface area contributed by atoms with Gasteiger partial charge in [0, 0.05) is 5.92 Å². The summed E-state index contributed by atoms with van der Waals surface area (Å²) in [4.78, 5) is 12.1. The summed E-state index contributed by atoms with van der Waals surface area (Å²) in [5, 5.41) is 0.116. The van der Waals surface area contributed by atoms with Gasteiger partial charge in [0.05, 0.1) is 6.61 Å². The van der Waals surface area contributed by atoms with Gasteiger partial charge in [-0.05, 0) is 50.4 Å². The molecule has 0 saturated heterocycles. The number of esters is 1. The topological polar surface area (TPSA) is 44.8 Å². The van der Waals surface area contributed by atoms with Crippen molar-refractivity contribution in [1.29, 1.82) is 0 Å². The largest absolute Gasteiger partial charge is 0.480 e. The third-order valence-electron chi connectivity index (χ3n) is 5.39. The van der Waals surface area contributed by atoms with Gasteiger partial charge in [-0.3, -0.25) is 0 Å². The maximum Gasteiger partial charge on any atom is 0.373 e. The second kappa shape index (κ2) is 7.44. The van der Waals surface area contributed by atoms with Crippen LogP contribution in [-0.2, 0) is 18.7 Å². The monoisotopic (exact) mass is 352 g/mol. The molecule has 0 aromatic rings. The first kappa shape index (κ1) is 19.3. The number of allylic oxidation sites excluding steroid dienone is 2. The molecule has 0 fully saturated rings. The van der Waals surface area contributed by atoms with E-state index < -0.39 is 8.32 Å². The summed E-state index contributed by atoms with van der Waals surface area (Å²) < 4.78 is 17.7. The second-order valence-corrected chi connectivity index (χ2v) is 13.0. The summed E-state index contributed by atoms with van der Waals surface area (Å²) in [6, 6.07) is 0. The number of carbonyl (C=O) groups is 1. The predicted molar refractivity (Wildman–Crippen MR) is 98.1 cm³/mol. The molecular formula is C19H32O4Si. The molecule has 2 rings (SSSR count). The van der Waals surface area contributed by atoms with Gasteiger partial charge < -0.3 is 13.9 Å². The van der Waals surface area contributed by atoms with Crippen LogP contribution in [0.25, 0.3) is 0 Å². The fraction of sp³-hybridized carbons (Fsp3) is 0.737. The van der Waals surface area contributed by atoms with Gasteiger partial charge in [0.2, 0.25) is 5.76 Å². The molecule has 0 saturated carbocycles. The molecule has 0 radical (unpaired) electrons. The summed E-state index contributed by atoms with van der Waals surface area (Å²) in [5.74, 6) is 0.322. The number of hydrogen-bond acceptors (Lipinski definition) is 4. The van der Waals surface area contributed by atoms with Gasteiger partial charge in [-0.15, -0.1) is 0 Å². The molecule has 5 heteroatoms. The molecule has 1 aliphatic carbocycles. The van der Waals surface area contributed by atoms with Crippen molar-refractivity contribution in [2.24, 2.45) is 5.92 Å². The predicted octanol–water partition coefficient (Wildman–Crippen LogP) is 4.58. The molecule has 3 atom stereocenters. The number of ether oxygens (including phenoxy) is 2. The minimum Gasteiger partial charge on any atom is -0.480 e. The highest BCUT2D eigenvalue weighted by molar-refractivity contribution is 6.74. The van der Waals surface area contributed by atoms with Crippen LogP contribution < -0.4 is 0 Å². The van der Waals surface area contributed by atoms with Crippen LogP contribution in [0.3, 0.4) is 0 Å². The summed E-state index contributed by atoms with van der Waals surface area (Å²) in [6.45, 7) is 13.3. The second-order valence-electron chi connectivity index (χ2n) is 8.22. The van der Waals surface area contributed by atoms with E-state index in [2.05, 4.69) is 46.0 Å². The lowest BCUT2D eigenvalue weighted by Crippen LogP contribution is -2.47. The fourth-order valence-electron chi connectivity index (χ4n) is 2.91. The van der Waals surface area contributed by atoms with E-state index >= 15 is 0 Å². The lowest BCUT2D eigenvalue weighted by molar-refractivity contribution is -0.143. The van der Waals surface area contributed by atoms with Crippen LogP contribution in [0.4, 0.5) is 0 Å². The zero-order chi connectivity index (χ0) is 18.0. The zero-order valence-corrected chi connectivity index (χ0v) is 16.9. The van der Waals surface area contributed by atoms with Crippen molar-refractivity contribution in [1.82, 2.24) is 0 Å². The standard InChI is InChI=1S/C19H32O4Si/c1-7-21-18(20)16-13-15(23-24(5,6)19(2,3)4)17(22-16)14-11-9-8-10-12-14/h8-9,13-15,17H,7,10-12H2,1-6H3/t14?,15-,17+/m0/s1. The molecule has 2 aliphatic rings. The molecule has 0 spiro atoms. The van der Waals surface area contributed by atoms with Gasteiger partial charge in [0.1, 0.15) is 12.2 Å². The normalized spacial score (nSPS) is 27.6. The fourth-order valence-corrected chi connectivity index (χ4v) is 4.15. The molecule has 1 unspecified atom stereocenters. The van der Waals surface area contributed by atoms with E-state index in [4.69, 9.17) is 13.9 Å². The third-order valence-corrected chi connectivity index (χ3v) is 9.86. The molecule has 1 heterocycles. The van der Waals surface area contributed by atoms with Crippen molar-refractivity contribution in [3.63, 3.8) is 0 Å². The van der Waals surface area contributed by atoms with E-state index in [1.54, 1.807) is 6.92 Å². The molecule has 4 nitrogen and oxygen atoms in total. The lowest BCUT2D eigenvalue weighted by Gasteiger charge is -2.40. The first-order valence-electron chi connectivity index (χ1n) is 9.04. The molecule has 0 aromatic heterocycles. The van der Waals surface area contributed by atoms with E-state index in [1.807, 2.05) is 6.08 Å². The summed E-state index contributed by atoms with van der Waals surface area (Å²) >= 11 is 0. The van der Waals surface area contributed by atoms with Crippen LogP contribution in [0.1, 0.15) is 47.0 Å². The van der Waals surface area contributed by atoms with Gasteiger partial charge in [0.25, 0.3) is 0 Å². The van der Waals surface area contributed by atoms with Crippen LogP contribution in [-0.4, -0.2) is 33.1 Å². The quantitative estimate of drug-likeness (QED) is 0.413. The number of hydrogen-bond donors (Lipinski definition) is 0. The molecule has 0 amide bonds. The van der Waals surface area contributed by atoms with E-state index in [1.165, 1.54) is 0 Å². The van der Waals surface area contributed by atoms with Crippen LogP contribution in [0, 0.1) is 5.92 Å². The third kappa shape index (κ3) is 4.31. The summed E-state index contributed by atoms with van der Waals surface area (Å²) in [6.07, 6.45) is 9.13. The van der Waals surface area contributed by atoms with Crippen LogP contribution in [0.15, 0.2) is 24.0 Å². The minimum atomic E-state index is -1.95. The Hall–Kier alpha value is -1.07. The first-order valence-corrected chi connectivity index (χ1v) is 11.9. The lowest BCUT2D eigenvalue weighted by atomic mass is 9.87. The maximum atomic E-state index is 12.1. The average molecular weight is 353 g/mol. The smallest absolute Gasteiger partial charge is 0.373 e. The van der Waals surface area contributed by atoms with Crippen molar-refractivity contribution in [2.75, 3.05) is 6.61 Å². The average Bonchev–Trinajstić information content (AvgIpc) is 2.90. The van der Waals surface area contributed by atoms with Crippen LogP contribution >= 0.6 is 0 Å². The molecule has 0 N–H and O–H groups in total. The SMILES string of the molecule is CCOC(=O)C1=C[C@H](O[Si](C)(C)C(C)(C)C)[C@@H](C2CC=CCC2)O1. The van der Waals surface area contributed by atoms with Crippen molar-refractivity contribution in [3.8, 4) is 0 Å². The molecule has 24 heavy (non-hydrogen) atoms. The van der Waals surface area contributed by atoms with Crippen molar-refractivity contribution in [3.05, 3.63) is 24.0 Å². The molecule has 136 valence electrons. The Balaban J connectivity index is 2.20. The Labute approximate surface area is 147 Å².